The highest BCUT2D eigenvalue weighted by Gasteiger charge is 2.50. The number of ketones is 1. The molecule has 9 rings (SSSR count). The van der Waals surface area contributed by atoms with Gasteiger partial charge in [-0.05, 0) is 128 Å². The fourth-order valence-corrected chi connectivity index (χ4v) is 17.4. The predicted octanol–water partition coefficient (Wildman–Crippen LogP) is 4.71. The van der Waals surface area contributed by atoms with Gasteiger partial charge in [-0.2, -0.15) is 55.1 Å². The van der Waals surface area contributed by atoms with Crippen molar-refractivity contribution < 1.29 is 116 Å². The van der Waals surface area contributed by atoms with E-state index in [9.17, 15) is 112 Å². The number of hydrogen-bond donors (Lipinski definition) is 11. The molecule has 1 unspecified atom stereocenters. The van der Waals surface area contributed by atoms with Gasteiger partial charge >= 0.3 is 5.97 Å². The van der Waals surface area contributed by atoms with E-state index in [1.54, 1.807) is 64.8 Å². The minimum Gasteiger partial charge on any atom is -0.481 e. The second-order valence-electron chi connectivity index (χ2n) is 25.8. The number of amides is 4. The number of benzene rings is 2. The Bertz CT molecular complexity index is 5180. The molecule has 0 bridgehead atoms. The first-order valence-electron chi connectivity index (χ1n) is 31.9. The number of nitrogens with zero attached hydrogens (tertiary/aromatic N) is 4. The quantitative estimate of drug-likeness (QED) is 0.0201. The predicted molar refractivity (Wildman–Crippen MR) is 385 cm³/mol. The van der Waals surface area contributed by atoms with Crippen molar-refractivity contribution >= 4 is 156 Å². The summed E-state index contributed by atoms with van der Waals surface area (Å²) in [6, 6.07) is 12.1. The van der Waals surface area contributed by atoms with E-state index in [0.717, 1.165) is 0 Å². The molecule has 0 saturated heterocycles. The Labute approximate surface area is 605 Å². The van der Waals surface area contributed by atoms with Crippen LogP contribution in [-0.2, 0) is 81.1 Å². The van der Waals surface area contributed by atoms with E-state index in [-0.39, 0.29) is 74.9 Å². The molecule has 1 aliphatic carbocycles. The highest BCUT2D eigenvalue weighted by atomic mass is 32.2. The molecule has 1 saturated carbocycles. The topological polar surface area (TPSA) is 529 Å². The van der Waals surface area contributed by atoms with Crippen molar-refractivity contribution in [2.75, 3.05) is 78.7 Å². The summed E-state index contributed by atoms with van der Waals surface area (Å²) in [5, 5.41) is 23.7. The van der Waals surface area contributed by atoms with Crippen molar-refractivity contribution in [1.29, 1.82) is 0 Å². The molecule has 1 atom stereocenters. The number of thiophene rings is 2. The Hall–Kier alpha value is -7.91. The number of aliphatic carboxylic acids is 1. The molecule has 2 aromatic carbocycles. The van der Waals surface area contributed by atoms with Gasteiger partial charge in [0.1, 0.15) is 29.3 Å². The van der Waals surface area contributed by atoms with E-state index in [4.69, 9.17) is 0 Å². The summed E-state index contributed by atoms with van der Waals surface area (Å²) in [6.45, 7) is 2.61. The number of hydrogen-bond acceptors (Lipinski definition) is 23. The second-order valence-corrected chi connectivity index (χ2v) is 37.0. The normalized spacial score (nSPS) is 18.3. The molecule has 41 heteroatoms. The van der Waals surface area contributed by atoms with Crippen LogP contribution < -0.4 is 26.2 Å². The third kappa shape index (κ3) is 19.8. The van der Waals surface area contributed by atoms with Crippen molar-refractivity contribution in [1.82, 2.24) is 31.2 Å². The van der Waals surface area contributed by atoms with Crippen LogP contribution in [0.3, 0.4) is 0 Å². The second kappa shape index (κ2) is 31.3. The van der Waals surface area contributed by atoms with E-state index >= 15 is 0 Å². The molecule has 4 aromatic heterocycles. The third-order valence-electron chi connectivity index (χ3n) is 18.0. The Kier molecular flexibility index (Phi) is 24.1. The molecule has 3 aliphatic rings. The largest absolute Gasteiger partial charge is 0.481 e. The van der Waals surface area contributed by atoms with E-state index in [1.165, 1.54) is 46.9 Å². The first-order chi connectivity index (χ1) is 48.3. The molecular weight excluding hydrogens is 1530 g/mol. The van der Waals surface area contributed by atoms with Crippen LogP contribution in [0, 0.1) is 11.8 Å². The van der Waals surface area contributed by atoms with E-state index in [0.29, 0.717) is 65.2 Å². The lowest BCUT2D eigenvalue weighted by atomic mass is 9.74. The first kappa shape index (κ1) is 80.2. The van der Waals surface area contributed by atoms with Crippen LogP contribution in [0.2, 0.25) is 0 Å². The summed E-state index contributed by atoms with van der Waals surface area (Å²) in [5.41, 5.74) is -0.472. The molecule has 4 amide bonds. The maximum absolute atomic E-state index is 14.9. The standard InChI is InChI=1S/C63H72N8O25S8/c1-62(2)44-33-42(38-29-46(57(73)64-16-25-101(85,86)87)68-47(30-38)58(74)65-17-26-102(88,89)90)55-40(13-21-97-55)53(44)71(35-50(72)36-9-11-37(12-10-36)61(77)78)51(62)7-4-8-52-63(3,15-5-23-99(79,80)81)45-34-43(56-41(14-22-98-56)54(45)70(52)20-6-24-100(82,83)84)39-31-48(59(75)66-18-27-103(91,92)93)69-49(32-39)60(76)67-19-28-104(94,95)96/h4,7-8,13-14,21-22,29-34,36-37H,5-6,9-12,15-20,23-28,35H2,1-3H3,(H10-,64,65,66,67,73,74,75,76,77,78,79,80,81,82,83,84,85,86,87,88,89,90,91,92,93,94,95,96)/p+1. The van der Waals surface area contributed by atoms with E-state index in [1.807, 2.05) is 18.7 Å². The number of allylic oxidation sites excluding steroid dienone is 4. The average Bonchev–Trinajstić information content (AvgIpc) is 1.56. The number of carbonyl (C=O) groups is 6. The smallest absolute Gasteiger partial charge is 0.306 e. The van der Waals surface area contributed by atoms with Crippen LogP contribution in [0.4, 0.5) is 11.4 Å². The van der Waals surface area contributed by atoms with Gasteiger partial charge in [0.2, 0.25) is 5.69 Å². The van der Waals surface area contributed by atoms with Gasteiger partial charge in [-0.25, -0.2) is 9.97 Å². The third-order valence-corrected chi connectivity index (χ3v) is 24.4. The zero-order chi connectivity index (χ0) is 76.5. The highest BCUT2D eigenvalue weighted by Crippen LogP contribution is 2.55. The lowest BCUT2D eigenvalue weighted by Crippen LogP contribution is -2.35. The molecule has 2 aliphatic heterocycles. The first-order valence-corrected chi connectivity index (χ1v) is 43.3. The van der Waals surface area contributed by atoms with Crippen LogP contribution in [0.5, 0.6) is 0 Å². The number of anilines is 1. The Morgan fingerprint density at radius 1 is 0.548 bits per heavy atom. The monoisotopic (exact) mass is 1600 g/mol. The van der Waals surface area contributed by atoms with Crippen LogP contribution in [0.25, 0.3) is 42.4 Å². The molecule has 33 nitrogen and oxygen atoms in total. The Morgan fingerprint density at radius 3 is 1.37 bits per heavy atom. The number of fused-ring (bicyclic) bond motifs is 6. The minimum absolute atomic E-state index is 0.0867. The number of carbonyl (C=O) groups excluding carboxylic acids is 5. The summed E-state index contributed by atoms with van der Waals surface area (Å²) >= 11 is 2.40. The summed E-state index contributed by atoms with van der Waals surface area (Å²) in [7, 11) is -27.6. The zero-order valence-corrected chi connectivity index (χ0v) is 62.2. The fourth-order valence-electron chi connectivity index (χ4n) is 13.1. The van der Waals surface area contributed by atoms with Crippen molar-refractivity contribution in [2.24, 2.45) is 11.8 Å². The minimum atomic E-state index is -4.64. The van der Waals surface area contributed by atoms with Crippen LogP contribution in [0.1, 0.15) is 119 Å². The van der Waals surface area contributed by atoms with Crippen LogP contribution >= 0.6 is 22.7 Å². The van der Waals surface area contributed by atoms with Crippen molar-refractivity contribution in [3.8, 4) is 22.3 Å². The van der Waals surface area contributed by atoms with Gasteiger partial charge in [-0.3, -0.25) is 56.1 Å². The maximum Gasteiger partial charge on any atom is 0.306 e. The molecule has 1 fully saturated rings. The van der Waals surface area contributed by atoms with Crippen molar-refractivity contribution in [3.05, 3.63) is 117 Å². The molecule has 0 spiro atoms. The van der Waals surface area contributed by atoms with Gasteiger partial charge in [-0.1, -0.05) is 19.9 Å². The molecule has 6 heterocycles. The number of carboxylic acid groups (broad SMARTS) is 1. The molecule has 562 valence electrons. The number of pyridine rings is 2. The summed E-state index contributed by atoms with van der Waals surface area (Å²) in [4.78, 5) is 92.4. The number of nitrogens with one attached hydrogen (secondary N) is 4. The molecular formula is C63H73N8O25S8+. The van der Waals surface area contributed by atoms with E-state index in [2.05, 4.69) is 31.2 Å². The number of Topliss-reactive ketones (excluding diaryl/α,β-unsaturated/α-hetero) is 1. The summed E-state index contributed by atoms with van der Waals surface area (Å²) in [5.74, 6) is -11.6. The van der Waals surface area contributed by atoms with Crippen LogP contribution in [-0.4, -0.2) is 212 Å². The lowest BCUT2D eigenvalue weighted by Gasteiger charge is -2.30. The van der Waals surface area contributed by atoms with Gasteiger partial charge in [0.05, 0.1) is 63.5 Å². The Morgan fingerprint density at radius 2 is 0.942 bits per heavy atom. The zero-order valence-electron chi connectivity index (χ0n) is 55.6. The van der Waals surface area contributed by atoms with Crippen LogP contribution in [0.15, 0.2) is 83.2 Å². The van der Waals surface area contributed by atoms with Gasteiger partial charge in [0.25, 0.3) is 84.3 Å². The van der Waals surface area contributed by atoms with Crippen molar-refractivity contribution in [3.63, 3.8) is 0 Å². The molecule has 6 aromatic rings. The van der Waals surface area contributed by atoms with Gasteiger partial charge in [0, 0.05) is 87.2 Å². The highest BCUT2D eigenvalue weighted by molar-refractivity contribution is 7.87. The Balaban J connectivity index is 1.24. The average molecular weight is 1600 g/mol. The summed E-state index contributed by atoms with van der Waals surface area (Å²) in [6.07, 6.45) is 5.53. The van der Waals surface area contributed by atoms with Gasteiger partial charge < -0.3 is 31.3 Å². The number of aromatic nitrogens is 2. The summed E-state index contributed by atoms with van der Waals surface area (Å²) < 4.78 is 204. The number of carboxylic acids is 1. The maximum atomic E-state index is 14.9. The lowest BCUT2D eigenvalue weighted by molar-refractivity contribution is -0.435. The van der Waals surface area contributed by atoms with E-state index < -0.39 is 196 Å². The SMILES string of the molecule is CC1(CCCS(=O)(=O)O)C(/C=C/C=C2/N(CC(=O)C3CCC(C(=O)O)CC3)c3c(cc(-c4cc(C(=O)NCCS(=O)(=O)O)nc(C(=O)NCCS(=O)(=O)O)c4)c4sccc34)C2(C)C)=[N+](CCCS(=O)(=O)O)c2c1cc(-c1cc(C(=O)NCCS(=O)(=O)O)nc(C(=O)NCCS(=O)(=O)O)c1)c1sccc21. The van der Waals surface area contributed by atoms with Crippen molar-refractivity contribution in [2.45, 2.75) is 76.5 Å². The number of rotatable bonds is 32. The van der Waals surface area contributed by atoms with Gasteiger partial charge in [0.15, 0.2) is 11.5 Å². The van der Waals surface area contributed by atoms with Gasteiger partial charge in [-0.15, -0.1) is 22.7 Å². The fraction of sp³-hybridized carbons (Fsp3) is 0.413. The molecule has 104 heavy (non-hydrogen) atoms. The molecule has 0 radical (unpaired) electrons. The molecule has 11 N–H and O–H groups in total.